The topological polar surface area (TPSA) is 83.6 Å². The molecule has 2 aromatic rings. The third kappa shape index (κ3) is 5.70. The van der Waals surface area contributed by atoms with E-state index in [-0.39, 0.29) is 18.0 Å². The lowest BCUT2D eigenvalue weighted by Crippen LogP contribution is -2.46. The van der Waals surface area contributed by atoms with Crippen LogP contribution in [0.2, 0.25) is 0 Å². The van der Waals surface area contributed by atoms with Crippen molar-refractivity contribution in [1.82, 2.24) is 15.2 Å². The molecule has 1 aromatic heterocycles. The summed E-state index contributed by atoms with van der Waals surface area (Å²) < 4.78 is 5.03. The Morgan fingerprint density at radius 3 is 2.69 bits per heavy atom. The molecule has 2 amide bonds. The minimum Gasteiger partial charge on any atom is -0.450 e. The molecule has 0 saturated carbocycles. The van der Waals surface area contributed by atoms with Gasteiger partial charge in [-0.2, -0.15) is 0 Å². The van der Waals surface area contributed by atoms with Gasteiger partial charge in [0.05, 0.1) is 17.9 Å². The molecule has 2 heterocycles. The monoisotopic (exact) mass is 396 g/mol. The second-order valence-electron chi connectivity index (χ2n) is 7.18. The number of amides is 2. The molecule has 0 atom stereocenters. The highest BCUT2D eigenvalue weighted by Gasteiger charge is 2.24. The number of aryl methyl sites for hydroxylation is 1. The molecular weight excluding hydrogens is 368 g/mol. The molecule has 0 unspecified atom stereocenters. The Morgan fingerprint density at radius 2 is 1.97 bits per heavy atom. The van der Waals surface area contributed by atoms with Gasteiger partial charge in [-0.3, -0.25) is 9.78 Å². The van der Waals surface area contributed by atoms with Gasteiger partial charge in [0.1, 0.15) is 0 Å². The first kappa shape index (κ1) is 20.6. The summed E-state index contributed by atoms with van der Waals surface area (Å²) in [5.41, 5.74) is 3.75. The summed E-state index contributed by atoms with van der Waals surface area (Å²) in [6, 6.07) is 10.0. The third-order valence-electron chi connectivity index (χ3n) is 5.10. The predicted molar refractivity (Wildman–Crippen MR) is 112 cm³/mol. The number of carbonyl (C=O) groups is 2. The molecule has 0 spiro atoms. The van der Waals surface area contributed by atoms with Crippen LogP contribution in [-0.4, -0.2) is 47.6 Å². The fourth-order valence-electron chi connectivity index (χ4n) is 3.36. The lowest BCUT2D eigenvalue weighted by Gasteiger charge is -2.31. The second kappa shape index (κ2) is 9.91. The molecule has 0 aliphatic carbocycles. The molecule has 7 heteroatoms. The molecule has 1 fully saturated rings. The summed E-state index contributed by atoms with van der Waals surface area (Å²) >= 11 is 0. The number of carbonyl (C=O) groups excluding carboxylic acids is 2. The van der Waals surface area contributed by atoms with E-state index in [0.717, 1.165) is 5.69 Å². The van der Waals surface area contributed by atoms with E-state index < -0.39 is 0 Å². The van der Waals surface area contributed by atoms with Gasteiger partial charge in [-0.1, -0.05) is 24.3 Å². The van der Waals surface area contributed by atoms with Gasteiger partial charge in [0.15, 0.2) is 0 Å². The van der Waals surface area contributed by atoms with Gasteiger partial charge in [-0.15, -0.1) is 0 Å². The quantitative estimate of drug-likeness (QED) is 0.782. The van der Waals surface area contributed by atoms with Crippen molar-refractivity contribution in [1.29, 1.82) is 0 Å². The van der Waals surface area contributed by atoms with E-state index in [2.05, 4.69) is 34.7 Å². The normalized spacial score (nSPS) is 14.3. The summed E-state index contributed by atoms with van der Waals surface area (Å²) in [6.07, 6.45) is 4.43. The maximum atomic E-state index is 12.6. The first-order chi connectivity index (χ1) is 14.1. The van der Waals surface area contributed by atoms with E-state index in [9.17, 15) is 9.59 Å². The summed E-state index contributed by atoms with van der Waals surface area (Å²) in [5, 5.41) is 6.38. The Balaban J connectivity index is 1.52. The standard InChI is InChI=1S/C22H28N4O3/c1-3-29-22(28)26-10-8-19(9-11-26)25-21(27)18-12-20(15-23-13-18)24-14-17-7-5-4-6-16(17)2/h4-7,12-13,15,19,24H,3,8-11,14H2,1-2H3,(H,25,27). The van der Waals surface area contributed by atoms with Crippen LogP contribution in [-0.2, 0) is 11.3 Å². The highest BCUT2D eigenvalue weighted by atomic mass is 16.6. The van der Waals surface area contributed by atoms with E-state index >= 15 is 0 Å². The van der Waals surface area contributed by atoms with Crippen LogP contribution < -0.4 is 10.6 Å². The van der Waals surface area contributed by atoms with Crippen LogP contribution in [0.15, 0.2) is 42.7 Å². The number of likely N-dealkylation sites (tertiary alicyclic amines) is 1. The van der Waals surface area contributed by atoms with Crippen LogP contribution in [0.25, 0.3) is 0 Å². The van der Waals surface area contributed by atoms with E-state index in [1.54, 1.807) is 24.2 Å². The number of hydrogen-bond acceptors (Lipinski definition) is 5. The zero-order valence-corrected chi connectivity index (χ0v) is 17.0. The molecule has 154 valence electrons. The highest BCUT2D eigenvalue weighted by molar-refractivity contribution is 5.94. The molecule has 2 N–H and O–H groups in total. The van der Waals surface area contributed by atoms with Gasteiger partial charge >= 0.3 is 6.09 Å². The van der Waals surface area contributed by atoms with Crippen LogP contribution in [0.1, 0.15) is 41.3 Å². The number of ether oxygens (including phenoxy) is 1. The lowest BCUT2D eigenvalue weighted by molar-refractivity contribution is 0.0860. The summed E-state index contributed by atoms with van der Waals surface area (Å²) in [4.78, 5) is 30.3. The minimum absolute atomic E-state index is 0.0387. The average molecular weight is 396 g/mol. The molecule has 1 aliphatic rings. The van der Waals surface area contributed by atoms with Gasteiger partial charge in [0.2, 0.25) is 0 Å². The van der Waals surface area contributed by atoms with Crippen LogP contribution >= 0.6 is 0 Å². The Kier molecular flexibility index (Phi) is 7.05. The molecule has 0 radical (unpaired) electrons. The van der Waals surface area contributed by atoms with Gasteiger partial charge in [-0.25, -0.2) is 4.79 Å². The molecule has 1 aliphatic heterocycles. The summed E-state index contributed by atoms with van der Waals surface area (Å²) in [6.45, 7) is 6.08. The zero-order valence-electron chi connectivity index (χ0n) is 17.0. The number of aromatic nitrogens is 1. The van der Waals surface area contributed by atoms with Gasteiger partial charge in [-0.05, 0) is 43.9 Å². The van der Waals surface area contributed by atoms with Crippen molar-refractivity contribution >= 4 is 17.7 Å². The third-order valence-corrected chi connectivity index (χ3v) is 5.10. The largest absolute Gasteiger partial charge is 0.450 e. The number of benzene rings is 1. The number of piperidine rings is 1. The zero-order chi connectivity index (χ0) is 20.6. The highest BCUT2D eigenvalue weighted by Crippen LogP contribution is 2.15. The van der Waals surface area contributed by atoms with Crippen molar-refractivity contribution in [2.24, 2.45) is 0 Å². The predicted octanol–water partition coefficient (Wildman–Crippen LogP) is 3.35. The number of nitrogens with zero attached hydrogens (tertiary/aromatic N) is 2. The number of nitrogens with one attached hydrogen (secondary N) is 2. The Bertz CT molecular complexity index is 847. The summed E-state index contributed by atoms with van der Waals surface area (Å²) in [7, 11) is 0. The Labute approximate surface area is 171 Å². The molecule has 3 rings (SSSR count). The molecule has 1 saturated heterocycles. The van der Waals surface area contributed by atoms with Gasteiger partial charge < -0.3 is 20.3 Å². The first-order valence-corrected chi connectivity index (χ1v) is 10.0. The minimum atomic E-state index is -0.283. The van der Waals surface area contributed by atoms with Crippen LogP contribution in [0.5, 0.6) is 0 Å². The maximum absolute atomic E-state index is 12.6. The van der Waals surface area contributed by atoms with Crippen LogP contribution in [0.4, 0.5) is 10.5 Å². The fourth-order valence-corrected chi connectivity index (χ4v) is 3.36. The van der Waals surface area contributed by atoms with Crippen molar-refractivity contribution in [3.63, 3.8) is 0 Å². The van der Waals surface area contributed by atoms with Crippen molar-refractivity contribution in [2.75, 3.05) is 25.0 Å². The fraction of sp³-hybridized carbons (Fsp3) is 0.409. The van der Waals surface area contributed by atoms with Crippen molar-refractivity contribution < 1.29 is 14.3 Å². The lowest BCUT2D eigenvalue weighted by atomic mass is 10.0. The van der Waals surface area contributed by atoms with E-state index in [4.69, 9.17) is 4.74 Å². The van der Waals surface area contributed by atoms with Crippen LogP contribution in [0.3, 0.4) is 0 Å². The molecule has 1 aromatic carbocycles. The van der Waals surface area contributed by atoms with Crippen LogP contribution in [0, 0.1) is 6.92 Å². The van der Waals surface area contributed by atoms with Crippen molar-refractivity contribution in [2.45, 2.75) is 39.3 Å². The van der Waals surface area contributed by atoms with E-state index in [0.29, 0.717) is 44.6 Å². The number of hydrogen-bond donors (Lipinski definition) is 2. The molecular formula is C22H28N4O3. The van der Waals surface area contributed by atoms with Gasteiger partial charge in [0, 0.05) is 38.1 Å². The SMILES string of the molecule is CCOC(=O)N1CCC(NC(=O)c2cncc(NCc3ccccc3C)c2)CC1. The molecule has 0 bridgehead atoms. The number of rotatable bonds is 6. The van der Waals surface area contributed by atoms with Crippen molar-refractivity contribution in [3.8, 4) is 0 Å². The Hall–Kier alpha value is -3.09. The number of anilines is 1. The Morgan fingerprint density at radius 1 is 1.21 bits per heavy atom. The van der Waals surface area contributed by atoms with E-state index in [1.807, 2.05) is 18.2 Å². The smallest absolute Gasteiger partial charge is 0.409 e. The average Bonchev–Trinajstić information content (AvgIpc) is 2.74. The molecule has 29 heavy (non-hydrogen) atoms. The van der Waals surface area contributed by atoms with Crippen molar-refractivity contribution in [3.05, 3.63) is 59.4 Å². The maximum Gasteiger partial charge on any atom is 0.409 e. The molecule has 7 nitrogen and oxygen atoms in total. The first-order valence-electron chi connectivity index (χ1n) is 10.0. The second-order valence-corrected chi connectivity index (χ2v) is 7.18. The van der Waals surface area contributed by atoms with Gasteiger partial charge in [0.25, 0.3) is 5.91 Å². The number of pyridine rings is 1. The van der Waals surface area contributed by atoms with E-state index in [1.165, 1.54) is 11.1 Å². The summed E-state index contributed by atoms with van der Waals surface area (Å²) in [5.74, 6) is -0.147.